The van der Waals surface area contributed by atoms with E-state index in [4.69, 9.17) is 0 Å². The van der Waals surface area contributed by atoms with Crippen molar-refractivity contribution < 1.29 is 9.59 Å². The molecule has 3 amide bonds. The molecular weight excluding hydrogens is 376 g/mol. The van der Waals surface area contributed by atoms with Crippen LogP contribution in [0.3, 0.4) is 0 Å². The van der Waals surface area contributed by atoms with Gasteiger partial charge >= 0.3 is 6.03 Å². The monoisotopic (exact) mass is 402 g/mol. The first-order valence-electron chi connectivity index (χ1n) is 10.3. The van der Waals surface area contributed by atoms with Crippen LogP contribution in [0.15, 0.2) is 73.1 Å². The van der Waals surface area contributed by atoms with E-state index in [0.717, 1.165) is 48.4 Å². The smallest absolute Gasteiger partial charge is 0.321 e. The van der Waals surface area contributed by atoms with Crippen molar-refractivity contribution in [3.05, 3.63) is 84.2 Å². The Morgan fingerprint density at radius 2 is 1.60 bits per heavy atom. The van der Waals surface area contributed by atoms with Gasteiger partial charge in [-0.05, 0) is 60.4 Å². The predicted octanol–water partition coefficient (Wildman–Crippen LogP) is 3.96. The highest BCUT2D eigenvalue weighted by Crippen LogP contribution is 2.14. The fourth-order valence-corrected chi connectivity index (χ4v) is 3.62. The molecule has 0 spiro atoms. The average Bonchev–Trinajstić information content (AvgIpc) is 3.47. The molecule has 2 aromatic carbocycles. The van der Waals surface area contributed by atoms with Crippen molar-refractivity contribution in [2.45, 2.75) is 25.8 Å². The summed E-state index contributed by atoms with van der Waals surface area (Å²) in [6.45, 7) is 2.05. The molecule has 6 heteroatoms. The number of urea groups is 1. The summed E-state index contributed by atoms with van der Waals surface area (Å²) in [6.07, 6.45) is 6.44. The molecule has 30 heavy (non-hydrogen) atoms. The molecule has 3 aromatic rings. The average molecular weight is 402 g/mol. The van der Waals surface area contributed by atoms with E-state index >= 15 is 0 Å². The molecule has 2 heterocycles. The maximum absolute atomic E-state index is 12.3. The summed E-state index contributed by atoms with van der Waals surface area (Å²) in [5.74, 6) is -0.0322. The van der Waals surface area contributed by atoms with E-state index in [1.807, 2.05) is 82.5 Å². The van der Waals surface area contributed by atoms with Crippen LogP contribution in [-0.4, -0.2) is 34.5 Å². The molecule has 6 nitrogen and oxygen atoms in total. The quantitative estimate of drug-likeness (QED) is 0.655. The Labute approximate surface area is 176 Å². The van der Waals surface area contributed by atoms with Crippen LogP contribution in [0.25, 0.3) is 5.69 Å². The molecule has 154 valence electrons. The zero-order chi connectivity index (χ0) is 20.8. The minimum absolute atomic E-state index is 0.0322. The van der Waals surface area contributed by atoms with Gasteiger partial charge in [-0.1, -0.05) is 24.3 Å². The Kier molecular flexibility index (Phi) is 6.13. The number of nitrogens with zero attached hydrogens (tertiary/aromatic N) is 2. The van der Waals surface area contributed by atoms with Gasteiger partial charge in [-0.3, -0.25) is 4.79 Å². The Hall–Kier alpha value is -3.54. The first-order valence-corrected chi connectivity index (χ1v) is 10.3. The van der Waals surface area contributed by atoms with Gasteiger partial charge in [0.05, 0.1) is 6.42 Å². The van der Waals surface area contributed by atoms with Gasteiger partial charge in [0.2, 0.25) is 5.91 Å². The SMILES string of the molecule is O=C(Cc1ccc(-n2cccc2)cc1)NCc1cccc(NC(=O)N2CCCC2)c1. The zero-order valence-electron chi connectivity index (χ0n) is 16.9. The highest BCUT2D eigenvalue weighted by Gasteiger charge is 2.17. The van der Waals surface area contributed by atoms with E-state index in [2.05, 4.69) is 10.6 Å². The lowest BCUT2D eigenvalue weighted by molar-refractivity contribution is -0.120. The Balaban J connectivity index is 1.28. The normalized spacial score (nSPS) is 13.3. The zero-order valence-corrected chi connectivity index (χ0v) is 16.9. The van der Waals surface area contributed by atoms with Crippen LogP contribution in [0.1, 0.15) is 24.0 Å². The fourth-order valence-electron chi connectivity index (χ4n) is 3.62. The summed E-state index contributed by atoms with van der Waals surface area (Å²) in [5.41, 5.74) is 3.73. The number of benzene rings is 2. The minimum atomic E-state index is -0.0583. The Morgan fingerprint density at radius 1 is 0.867 bits per heavy atom. The van der Waals surface area contributed by atoms with Crippen molar-refractivity contribution >= 4 is 17.6 Å². The van der Waals surface area contributed by atoms with Crippen LogP contribution in [0, 0.1) is 0 Å². The number of hydrogen-bond acceptors (Lipinski definition) is 2. The van der Waals surface area contributed by atoms with Gasteiger partial charge in [0, 0.05) is 43.4 Å². The number of rotatable bonds is 6. The van der Waals surface area contributed by atoms with Gasteiger partial charge in [0.25, 0.3) is 0 Å². The number of anilines is 1. The van der Waals surface area contributed by atoms with Crippen LogP contribution in [-0.2, 0) is 17.8 Å². The van der Waals surface area contributed by atoms with Gasteiger partial charge in [-0.15, -0.1) is 0 Å². The standard InChI is InChI=1S/C24H26N4O2/c29-23(17-19-8-10-22(11-9-19)27-12-1-2-13-27)25-18-20-6-5-7-21(16-20)26-24(30)28-14-3-4-15-28/h1-2,5-13,16H,3-4,14-15,17-18H2,(H,25,29)(H,26,30). The van der Waals surface area contributed by atoms with E-state index in [9.17, 15) is 9.59 Å². The molecule has 0 radical (unpaired) electrons. The van der Waals surface area contributed by atoms with Gasteiger partial charge < -0.3 is 20.1 Å². The number of aromatic nitrogens is 1. The number of carbonyl (C=O) groups is 2. The van der Waals surface area contributed by atoms with Crippen molar-refractivity contribution in [1.82, 2.24) is 14.8 Å². The molecule has 1 aromatic heterocycles. The van der Waals surface area contributed by atoms with E-state index < -0.39 is 0 Å². The molecule has 0 bridgehead atoms. The number of likely N-dealkylation sites (tertiary alicyclic amines) is 1. The summed E-state index contributed by atoms with van der Waals surface area (Å²) >= 11 is 0. The summed E-state index contributed by atoms with van der Waals surface area (Å²) in [6, 6.07) is 19.5. The molecule has 0 unspecified atom stereocenters. The van der Waals surface area contributed by atoms with Crippen molar-refractivity contribution in [3.63, 3.8) is 0 Å². The summed E-state index contributed by atoms with van der Waals surface area (Å²) in [4.78, 5) is 26.4. The van der Waals surface area contributed by atoms with E-state index in [-0.39, 0.29) is 11.9 Å². The van der Waals surface area contributed by atoms with Crippen molar-refractivity contribution in [2.24, 2.45) is 0 Å². The van der Waals surface area contributed by atoms with E-state index in [1.165, 1.54) is 0 Å². The molecule has 0 saturated carbocycles. The molecular formula is C24H26N4O2. The highest BCUT2D eigenvalue weighted by molar-refractivity contribution is 5.89. The second-order valence-electron chi connectivity index (χ2n) is 7.53. The van der Waals surface area contributed by atoms with Crippen molar-refractivity contribution in [2.75, 3.05) is 18.4 Å². The number of amides is 3. The molecule has 1 aliphatic rings. The lowest BCUT2D eigenvalue weighted by atomic mass is 10.1. The predicted molar refractivity (Wildman–Crippen MR) is 118 cm³/mol. The first-order chi connectivity index (χ1) is 14.7. The van der Waals surface area contributed by atoms with E-state index in [1.54, 1.807) is 0 Å². The van der Waals surface area contributed by atoms with Crippen LogP contribution in [0.2, 0.25) is 0 Å². The largest absolute Gasteiger partial charge is 0.352 e. The number of carbonyl (C=O) groups excluding carboxylic acids is 2. The molecule has 1 fully saturated rings. The van der Waals surface area contributed by atoms with Crippen LogP contribution in [0.5, 0.6) is 0 Å². The molecule has 2 N–H and O–H groups in total. The van der Waals surface area contributed by atoms with Gasteiger partial charge in [0.15, 0.2) is 0 Å². The maximum Gasteiger partial charge on any atom is 0.321 e. The van der Waals surface area contributed by atoms with Crippen LogP contribution < -0.4 is 10.6 Å². The van der Waals surface area contributed by atoms with Gasteiger partial charge in [0.1, 0.15) is 0 Å². The first kappa shape index (κ1) is 19.8. The van der Waals surface area contributed by atoms with Crippen LogP contribution in [0.4, 0.5) is 10.5 Å². The third-order valence-corrected chi connectivity index (χ3v) is 5.26. The third kappa shape index (κ3) is 5.08. The molecule has 1 aliphatic heterocycles. The second-order valence-corrected chi connectivity index (χ2v) is 7.53. The Morgan fingerprint density at radius 3 is 2.33 bits per heavy atom. The van der Waals surface area contributed by atoms with Gasteiger partial charge in [-0.25, -0.2) is 4.79 Å². The lowest BCUT2D eigenvalue weighted by Crippen LogP contribution is -2.32. The summed E-state index contributed by atoms with van der Waals surface area (Å²) < 4.78 is 2.03. The summed E-state index contributed by atoms with van der Waals surface area (Å²) in [5, 5.41) is 5.90. The highest BCUT2D eigenvalue weighted by atomic mass is 16.2. The molecule has 1 saturated heterocycles. The Bertz CT molecular complexity index is 990. The third-order valence-electron chi connectivity index (χ3n) is 5.26. The maximum atomic E-state index is 12.3. The minimum Gasteiger partial charge on any atom is -0.352 e. The number of hydrogen-bond donors (Lipinski definition) is 2. The van der Waals surface area contributed by atoms with Crippen LogP contribution >= 0.6 is 0 Å². The van der Waals surface area contributed by atoms with E-state index in [0.29, 0.717) is 13.0 Å². The van der Waals surface area contributed by atoms with Crippen molar-refractivity contribution in [1.29, 1.82) is 0 Å². The molecule has 4 rings (SSSR count). The lowest BCUT2D eigenvalue weighted by Gasteiger charge is -2.16. The summed E-state index contributed by atoms with van der Waals surface area (Å²) in [7, 11) is 0. The molecule has 0 aliphatic carbocycles. The second kappa shape index (κ2) is 9.31. The fraction of sp³-hybridized carbons (Fsp3) is 0.250. The number of nitrogens with one attached hydrogen (secondary N) is 2. The molecule has 0 atom stereocenters. The van der Waals surface area contributed by atoms with Gasteiger partial charge in [-0.2, -0.15) is 0 Å². The van der Waals surface area contributed by atoms with Crippen molar-refractivity contribution in [3.8, 4) is 5.69 Å². The topological polar surface area (TPSA) is 66.4 Å².